The number of hydrogen-bond donors (Lipinski definition) is 2. The highest BCUT2D eigenvalue weighted by Crippen LogP contribution is 2.23. The smallest absolute Gasteiger partial charge is 0.251 e. The van der Waals surface area contributed by atoms with Gasteiger partial charge in [0.15, 0.2) is 5.65 Å². The van der Waals surface area contributed by atoms with Gasteiger partial charge in [-0.15, -0.1) is 5.10 Å². The molecule has 0 saturated heterocycles. The van der Waals surface area contributed by atoms with Crippen molar-refractivity contribution >= 4 is 23.2 Å². The molecule has 7 nitrogen and oxygen atoms in total. The molecule has 5 rings (SSSR count). The molecule has 0 fully saturated rings. The topological polar surface area (TPSA) is 95.1 Å². The summed E-state index contributed by atoms with van der Waals surface area (Å²) in [6, 6.07) is 30.4. The molecule has 0 spiro atoms. The third-order valence-electron chi connectivity index (χ3n) is 5.38. The Morgan fingerprint density at radius 1 is 0.912 bits per heavy atom. The van der Waals surface area contributed by atoms with E-state index in [9.17, 15) is 10.1 Å². The van der Waals surface area contributed by atoms with Crippen LogP contribution in [0.4, 0.5) is 11.6 Å². The van der Waals surface area contributed by atoms with Gasteiger partial charge in [0, 0.05) is 23.9 Å². The number of para-hydroxylation sites is 1. The van der Waals surface area contributed by atoms with Crippen LogP contribution in [0.15, 0.2) is 97.2 Å². The molecule has 34 heavy (non-hydrogen) atoms. The predicted molar refractivity (Wildman–Crippen MR) is 130 cm³/mol. The minimum Gasteiger partial charge on any atom is -0.348 e. The molecular formula is C27H20N6O. The lowest BCUT2D eigenvalue weighted by atomic mass is 10.0. The van der Waals surface area contributed by atoms with Crippen LogP contribution in [0.2, 0.25) is 0 Å². The standard InChI is InChI=1S/C27H20N6O/c28-16-22-9-4-5-12-24(22)30-27-31-25-14-13-23(18-33(25)32-27)20-10-6-11-21(15-20)26(34)29-17-19-7-2-1-3-8-19/h1-15,18H,17H2,(H,29,34)(H,30,32). The Labute approximate surface area is 196 Å². The van der Waals surface area contributed by atoms with E-state index < -0.39 is 0 Å². The van der Waals surface area contributed by atoms with E-state index in [1.807, 2.05) is 85.1 Å². The van der Waals surface area contributed by atoms with Gasteiger partial charge in [-0.3, -0.25) is 4.79 Å². The summed E-state index contributed by atoms with van der Waals surface area (Å²) in [5.41, 5.74) is 5.26. The number of nitrogens with one attached hydrogen (secondary N) is 2. The first-order valence-electron chi connectivity index (χ1n) is 10.7. The number of carbonyl (C=O) groups excluding carboxylic acids is 1. The maximum atomic E-state index is 12.7. The number of pyridine rings is 1. The average molecular weight is 444 g/mol. The SMILES string of the molecule is N#Cc1ccccc1Nc1nc2ccc(-c3cccc(C(=O)NCc4ccccc4)c3)cn2n1. The normalized spacial score (nSPS) is 10.6. The second-order valence-corrected chi connectivity index (χ2v) is 7.69. The summed E-state index contributed by atoms with van der Waals surface area (Å²) in [6.45, 7) is 0.472. The number of amides is 1. The van der Waals surface area contributed by atoms with Crippen LogP contribution in [0, 0.1) is 11.3 Å². The summed E-state index contributed by atoms with van der Waals surface area (Å²) >= 11 is 0. The zero-order chi connectivity index (χ0) is 23.3. The van der Waals surface area contributed by atoms with Crippen LogP contribution in [-0.2, 0) is 6.54 Å². The molecule has 7 heteroatoms. The molecule has 0 saturated carbocycles. The van der Waals surface area contributed by atoms with Crippen molar-refractivity contribution in [2.45, 2.75) is 6.54 Å². The number of nitrogens with zero attached hydrogens (tertiary/aromatic N) is 4. The van der Waals surface area contributed by atoms with Gasteiger partial charge in [-0.2, -0.15) is 10.2 Å². The van der Waals surface area contributed by atoms with Crippen molar-refractivity contribution in [1.29, 1.82) is 5.26 Å². The molecule has 0 aliphatic heterocycles. The van der Waals surface area contributed by atoms with Gasteiger partial charge in [-0.1, -0.05) is 54.6 Å². The van der Waals surface area contributed by atoms with Crippen LogP contribution in [0.1, 0.15) is 21.5 Å². The first-order chi connectivity index (χ1) is 16.7. The minimum absolute atomic E-state index is 0.129. The third kappa shape index (κ3) is 4.47. The summed E-state index contributed by atoms with van der Waals surface area (Å²) in [5.74, 6) is 0.268. The van der Waals surface area contributed by atoms with Crippen molar-refractivity contribution in [2.75, 3.05) is 5.32 Å². The maximum absolute atomic E-state index is 12.7. The van der Waals surface area contributed by atoms with E-state index in [0.717, 1.165) is 16.7 Å². The predicted octanol–water partition coefficient (Wildman–Crippen LogP) is 4.94. The Balaban J connectivity index is 1.36. The van der Waals surface area contributed by atoms with E-state index in [1.54, 1.807) is 16.6 Å². The highest BCUT2D eigenvalue weighted by Gasteiger charge is 2.10. The summed E-state index contributed by atoms with van der Waals surface area (Å²) in [5, 5.41) is 19.9. The molecule has 0 aliphatic carbocycles. The Kier molecular flexibility index (Phi) is 5.70. The molecule has 2 aromatic heterocycles. The van der Waals surface area contributed by atoms with E-state index in [2.05, 4.69) is 26.8 Å². The lowest BCUT2D eigenvalue weighted by molar-refractivity contribution is 0.0951. The van der Waals surface area contributed by atoms with Gasteiger partial charge in [0.2, 0.25) is 5.95 Å². The number of carbonyl (C=O) groups is 1. The Bertz CT molecular complexity index is 1520. The van der Waals surface area contributed by atoms with E-state index in [4.69, 9.17) is 0 Å². The number of aromatic nitrogens is 3. The van der Waals surface area contributed by atoms with Crippen LogP contribution in [0.5, 0.6) is 0 Å². The highest BCUT2D eigenvalue weighted by molar-refractivity contribution is 5.95. The van der Waals surface area contributed by atoms with Crippen molar-refractivity contribution in [3.8, 4) is 17.2 Å². The van der Waals surface area contributed by atoms with Crippen LogP contribution >= 0.6 is 0 Å². The van der Waals surface area contributed by atoms with Gasteiger partial charge in [0.05, 0.1) is 11.3 Å². The Morgan fingerprint density at radius 2 is 1.74 bits per heavy atom. The van der Waals surface area contributed by atoms with Crippen molar-refractivity contribution in [2.24, 2.45) is 0 Å². The molecule has 0 radical (unpaired) electrons. The zero-order valence-corrected chi connectivity index (χ0v) is 18.1. The number of anilines is 2. The Morgan fingerprint density at radius 3 is 2.59 bits per heavy atom. The van der Waals surface area contributed by atoms with Gasteiger partial charge in [0.1, 0.15) is 6.07 Å². The largest absolute Gasteiger partial charge is 0.348 e. The van der Waals surface area contributed by atoms with Gasteiger partial charge in [-0.25, -0.2) is 4.52 Å². The molecule has 1 amide bonds. The van der Waals surface area contributed by atoms with Crippen molar-refractivity contribution in [3.63, 3.8) is 0 Å². The Hall–Kier alpha value is -4.96. The number of benzene rings is 3. The minimum atomic E-state index is -0.129. The van der Waals surface area contributed by atoms with Crippen molar-refractivity contribution in [3.05, 3.63) is 114 Å². The van der Waals surface area contributed by atoms with Gasteiger partial charge in [-0.05, 0) is 47.5 Å². The zero-order valence-electron chi connectivity index (χ0n) is 18.1. The molecular weight excluding hydrogens is 424 g/mol. The second-order valence-electron chi connectivity index (χ2n) is 7.69. The van der Waals surface area contributed by atoms with Gasteiger partial charge >= 0.3 is 0 Å². The summed E-state index contributed by atoms with van der Waals surface area (Å²) in [6.07, 6.45) is 1.87. The summed E-state index contributed by atoms with van der Waals surface area (Å²) in [4.78, 5) is 17.2. The summed E-state index contributed by atoms with van der Waals surface area (Å²) in [7, 11) is 0. The maximum Gasteiger partial charge on any atom is 0.251 e. The van der Waals surface area contributed by atoms with Crippen LogP contribution in [0.3, 0.4) is 0 Å². The molecule has 2 heterocycles. The molecule has 164 valence electrons. The van der Waals surface area contributed by atoms with Crippen LogP contribution in [0.25, 0.3) is 16.8 Å². The lowest BCUT2D eigenvalue weighted by Crippen LogP contribution is -2.22. The fraction of sp³-hybridized carbons (Fsp3) is 0.0370. The molecule has 0 unspecified atom stereocenters. The fourth-order valence-electron chi connectivity index (χ4n) is 3.64. The van der Waals surface area contributed by atoms with E-state index >= 15 is 0 Å². The number of nitriles is 1. The van der Waals surface area contributed by atoms with Gasteiger partial charge in [0.25, 0.3) is 5.91 Å². The second kappa shape index (κ2) is 9.27. The van der Waals surface area contributed by atoms with Gasteiger partial charge < -0.3 is 10.6 Å². The molecule has 3 aromatic carbocycles. The lowest BCUT2D eigenvalue weighted by Gasteiger charge is -2.08. The first kappa shape index (κ1) is 20.9. The van der Waals surface area contributed by atoms with Crippen molar-refractivity contribution < 1.29 is 4.79 Å². The number of hydrogen-bond acceptors (Lipinski definition) is 5. The number of fused-ring (bicyclic) bond motifs is 1. The molecule has 2 N–H and O–H groups in total. The third-order valence-corrected chi connectivity index (χ3v) is 5.38. The molecule has 0 aliphatic rings. The quantitative estimate of drug-likeness (QED) is 0.387. The van der Waals surface area contributed by atoms with E-state index in [1.165, 1.54) is 0 Å². The van der Waals surface area contributed by atoms with Crippen LogP contribution in [-0.4, -0.2) is 20.5 Å². The highest BCUT2D eigenvalue weighted by atomic mass is 16.1. The monoisotopic (exact) mass is 444 g/mol. The molecule has 0 bridgehead atoms. The van der Waals surface area contributed by atoms with Crippen LogP contribution < -0.4 is 10.6 Å². The van der Waals surface area contributed by atoms with E-state index in [0.29, 0.717) is 35.0 Å². The first-order valence-corrected chi connectivity index (χ1v) is 10.7. The van der Waals surface area contributed by atoms with Crippen molar-refractivity contribution in [1.82, 2.24) is 19.9 Å². The average Bonchev–Trinajstić information content (AvgIpc) is 3.30. The fourth-order valence-corrected chi connectivity index (χ4v) is 3.64. The van der Waals surface area contributed by atoms with E-state index in [-0.39, 0.29) is 5.91 Å². The molecule has 5 aromatic rings. The number of rotatable bonds is 6. The molecule has 0 atom stereocenters. The summed E-state index contributed by atoms with van der Waals surface area (Å²) < 4.78 is 1.68.